The van der Waals surface area contributed by atoms with Crippen LogP contribution in [0.2, 0.25) is 0 Å². The maximum absolute atomic E-state index is 13.6. The van der Waals surface area contributed by atoms with E-state index < -0.39 is 29.5 Å². The lowest BCUT2D eigenvalue weighted by atomic mass is 9.84. The van der Waals surface area contributed by atoms with Crippen molar-refractivity contribution in [2.75, 3.05) is 7.11 Å². The van der Waals surface area contributed by atoms with Crippen LogP contribution in [0.5, 0.6) is 11.5 Å². The average molecular weight is 499 g/mol. The average Bonchev–Trinajstić information content (AvgIpc) is 2.77. The summed E-state index contributed by atoms with van der Waals surface area (Å²) in [5, 5.41) is 0.0984. The Bertz CT molecular complexity index is 1260. The van der Waals surface area contributed by atoms with Crippen LogP contribution < -0.4 is 20.6 Å². The minimum atomic E-state index is -4.66. The Morgan fingerprint density at radius 2 is 1.91 bits per heavy atom. The molecular weight excluding hydrogens is 477 g/mol. The van der Waals surface area contributed by atoms with E-state index in [1.54, 1.807) is 0 Å². The lowest BCUT2D eigenvalue weighted by molar-refractivity contribution is -0.274. The molecule has 0 spiro atoms. The van der Waals surface area contributed by atoms with Crippen LogP contribution in [0.3, 0.4) is 0 Å². The van der Waals surface area contributed by atoms with Gasteiger partial charge in [0.2, 0.25) is 5.92 Å². The maximum Gasteiger partial charge on any atom is 0.573 e. The second-order valence-electron chi connectivity index (χ2n) is 7.91. The van der Waals surface area contributed by atoms with Gasteiger partial charge in [-0.3, -0.25) is 14.6 Å². The molecule has 2 heterocycles. The number of methoxy groups -OCH3 is 1. The first-order valence-corrected chi connectivity index (χ1v) is 10.5. The Morgan fingerprint density at radius 1 is 1.20 bits per heavy atom. The Labute approximate surface area is 196 Å². The second-order valence-corrected chi connectivity index (χ2v) is 7.91. The van der Waals surface area contributed by atoms with Gasteiger partial charge in [-0.2, -0.15) is 0 Å². The van der Waals surface area contributed by atoms with E-state index in [-0.39, 0.29) is 29.7 Å². The summed E-state index contributed by atoms with van der Waals surface area (Å²) in [4.78, 5) is 30.4. The number of alkyl halides is 5. The highest BCUT2D eigenvalue weighted by atomic mass is 19.4. The maximum atomic E-state index is 13.6. The van der Waals surface area contributed by atoms with Gasteiger partial charge in [-0.05, 0) is 31.0 Å². The summed E-state index contributed by atoms with van der Waals surface area (Å²) in [6.45, 7) is 0. The first-order valence-electron chi connectivity index (χ1n) is 10.5. The number of primary amides is 1. The fraction of sp³-hybridized carbons (Fsp3) is 0.348. The predicted molar refractivity (Wildman–Crippen MR) is 117 cm³/mol. The lowest BCUT2D eigenvalue weighted by Crippen LogP contribution is -2.26. The molecule has 2 aromatic heterocycles. The molecule has 0 saturated heterocycles. The Hall–Kier alpha value is -3.70. The van der Waals surface area contributed by atoms with Gasteiger partial charge in [-0.1, -0.05) is 6.07 Å². The summed E-state index contributed by atoms with van der Waals surface area (Å²) in [6, 6.07) is 8.13. The number of aromatic nitrogens is 2. The first-order chi connectivity index (χ1) is 16.4. The highest BCUT2D eigenvalue weighted by molar-refractivity contribution is 6.03. The number of carbonyl (C=O) groups excluding carboxylic acids is 1. The normalized spacial score (nSPS) is 17.3. The smallest absolute Gasteiger partial charge is 0.497 e. The number of pyridine rings is 2. The molecule has 1 aliphatic rings. The van der Waals surface area contributed by atoms with Crippen molar-refractivity contribution in [2.45, 2.75) is 43.9 Å². The van der Waals surface area contributed by atoms with Crippen LogP contribution in [0.1, 0.15) is 47.8 Å². The molecule has 1 saturated carbocycles. The van der Waals surface area contributed by atoms with Crippen molar-refractivity contribution in [3.8, 4) is 11.5 Å². The van der Waals surface area contributed by atoms with Crippen LogP contribution in [0.4, 0.5) is 22.0 Å². The van der Waals surface area contributed by atoms with Crippen molar-refractivity contribution in [1.29, 1.82) is 0 Å². The van der Waals surface area contributed by atoms with Crippen molar-refractivity contribution in [3.63, 3.8) is 0 Å². The van der Waals surface area contributed by atoms with E-state index in [2.05, 4.69) is 14.7 Å². The number of H-pyrrole nitrogens is 1. The number of benzene rings is 1. The number of fused-ring (bicyclic) bond motifs is 1. The molecule has 1 aliphatic carbocycles. The van der Waals surface area contributed by atoms with Gasteiger partial charge in [0.15, 0.2) is 5.43 Å². The topological polar surface area (TPSA) is 107 Å². The van der Waals surface area contributed by atoms with Gasteiger partial charge in [0.25, 0.3) is 5.91 Å². The van der Waals surface area contributed by atoms with Gasteiger partial charge in [0.05, 0.1) is 18.0 Å². The van der Waals surface area contributed by atoms with E-state index in [1.165, 1.54) is 43.6 Å². The number of nitrogens with one attached hydrogen (secondary N) is 1. The summed E-state index contributed by atoms with van der Waals surface area (Å²) in [7, 11) is 1.37. The largest absolute Gasteiger partial charge is 0.573 e. The van der Waals surface area contributed by atoms with E-state index in [9.17, 15) is 31.5 Å². The Morgan fingerprint density at radius 3 is 2.54 bits per heavy atom. The summed E-state index contributed by atoms with van der Waals surface area (Å²) < 4.78 is 70.7. The van der Waals surface area contributed by atoms with E-state index in [1.807, 2.05) is 0 Å². The number of ether oxygens (including phenoxy) is 2. The molecule has 1 fully saturated rings. The number of carbonyl (C=O) groups is 1. The van der Waals surface area contributed by atoms with E-state index in [0.717, 1.165) is 6.07 Å². The number of nitrogens with zero attached hydrogens (tertiary/aromatic N) is 1. The number of hydrogen-bond donors (Lipinski definition) is 2. The van der Waals surface area contributed by atoms with Crippen LogP contribution in [0, 0.1) is 0 Å². The van der Waals surface area contributed by atoms with Crippen molar-refractivity contribution in [3.05, 3.63) is 64.2 Å². The van der Waals surface area contributed by atoms with Gasteiger partial charge in [0, 0.05) is 42.8 Å². The van der Waals surface area contributed by atoms with E-state index in [4.69, 9.17) is 10.5 Å². The number of halogens is 5. The third kappa shape index (κ3) is 6.90. The zero-order valence-corrected chi connectivity index (χ0v) is 18.5. The number of amides is 1. The molecule has 7 nitrogen and oxygen atoms in total. The van der Waals surface area contributed by atoms with Crippen LogP contribution in [0.15, 0.2) is 47.4 Å². The molecule has 35 heavy (non-hydrogen) atoms. The second kappa shape index (κ2) is 10.3. The molecule has 0 bridgehead atoms. The van der Waals surface area contributed by atoms with Crippen LogP contribution in [-0.4, -0.2) is 35.3 Å². The molecule has 3 N–H and O–H groups in total. The summed E-state index contributed by atoms with van der Waals surface area (Å²) in [6.07, 6.45) is -2.67. The first kappa shape index (κ1) is 25.9. The molecule has 4 rings (SSSR count). The molecule has 1 aromatic carbocycles. The molecule has 0 unspecified atom stereocenters. The monoisotopic (exact) mass is 499 g/mol. The number of hydrogen-bond acceptors (Lipinski definition) is 5. The Balaban J connectivity index is 0.000000225. The van der Waals surface area contributed by atoms with Crippen LogP contribution in [0.25, 0.3) is 10.9 Å². The quantitative estimate of drug-likeness (QED) is 0.496. The van der Waals surface area contributed by atoms with Crippen LogP contribution >= 0.6 is 0 Å². The SMILES string of the molecule is COc1cccc(OC(F)(F)F)c1.NC(=O)c1nccc2[nH]c([C@H]3CCCC(F)(F)C3)cc(=O)c12. The van der Waals surface area contributed by atoms with Crippen molar-refractivity contribution >= 4 is 16.8 Å². The molecule has 3 aromatic rings. The fourth-order valence-electron chi connectivity index (χ4n) is 3.86. The van der Waals surface area contributed by atoms with Gasteiger partial charge in [-0.15, -0.1) is 13.2 Å². The number of rotatable bonds is 4. The number of nitrogens with two attached hydrogens (primary N) is 1. The highest BCUT2D eigenvalue weighted by Crippen LogP contribution is 2.41. The minimum Gasteiger partial charge on any atom is -0.497 e. The molecular formula is C23H22F5N3O4. The molecule has 1 atom stereocenters. The van der Waals surface area contributed by atoms with Gasteiger partial charge in [0.1, 0.15) is 17.2 Å². The highest BCUT2D eigenvalue weighted by Gasteiger charge is 2.37. The standard InChI is InChI=1S/C15H15F2N3O2.C8H7F3O2/c16-15(17)4-1-2-8(7-15)10-6-11(21)12-9(20-10)3-5-19-13(12)14(18)22;1-12-6-3-2-4-7(5-6)13-8(9,10)11/h3,5-6,8H,1-2,4,7H2,(H2,18,22)(H,20,21);2-5H,1H3/t8-;/m0./s1. The number of aromatic amines is 1. The Kier molecular flexibility index (Phi) is 7.61. The van der Waals surface area contributed by atoms with Gasteiger partial charge in [-0.25, -0.2) is 8.78 Å². The zero-order chi connectivity index (χ0) is 25.8. The third-order valence-corrected chi connectivity index (χ3v) is 5.35. The molecule has 0 radical (unpaired) electrons. The summed E-state index contributed by atoms with van der Waals surface area (Å²) in [5.74, 6) is -3.86. The van der Waals surface area contributed by atoms with Crippen molar-refractivity contribution in [1.82, 2.24) is 9.97 Å². The van der Waals surface area contributed by atoms with Crippen LogP contribution in [-0.2, 0) is 0 Å². The predicted octanol–water partition coefficient (Wildman–Crippen LogP) is 4.91. The molecule has 1 amide bonds. The molecule has 0 aliphatic heterocycles. The zero-order valence-electron chi connectivity index (χ0n) is 18.5. The van der Waals surface area contributed by atoms with Gasteiger partial charge < -0.3 is 20.2 Å². The third-order valence-electron chi connectivity index (χ3n) is 5.35. The summed E-state index contributed by atoms with van der Waals surface area (Å²) in [5.41, 5.74) is 5.53. The van der Waals surface area contributed by atoms with Gasteiger partial charge >= 0.3 is 6.36 Å². The van der Waals surface area contributed by atoms with E-state index >= 15 is 0 Å². The fourth-order valence-corrected chi connectivity index (χ4v) is 3.86. The molecule has 12 heteroatoms. The van der Waals surface area contributed by atoms with Crippen molar-refractivity contribution in [2.24, 2.45) is 5.73 Å². The summed E-state index contributed by atoms with van der Waals surface area (Å²) >= 11 is 0. The lowest BCUT2D eigenvalue weighted by Gasteiger charge is -2.29. The van der Waals surface area contributed by atoms with E-state index in [0.29, 0.717) is 29.8 Å². The minimum absolute atomic E-state index is 0.0984. The van der Waals surface area contributed by atoms with Crippen molar-refractivity contribution < 1.29 is 36.2 Å². The molecule has 188 valence electrons.